The smallest absolute Gasteiger partial charge is 0.244 e. The van der Waals surface area contributed by atoms with Gasteiger partial charge in [-0.1, -0.05) is 54.1 Å². The molecule has 0 saturated carbocycles. The average molecular weight is 578 g/mol. The SMILES string of the molecule is CC(C)NC(=O)[C@H](Cc1ccccc1)N(Cc1ccc(Cl)cc1)C(=O)CN(c1ccc(F)c(F)c1)S(C)(=O)=O. The Balaban J connectivity index is 2.06. The molecule has 0 aromatic heterocycles. The molecule has 11 heteroatoms. The molecule has 1 atom stereocenters. The van der Waals surface area contributed by atoms with Gasteiger partial charge in [0.1, 0.15) is 12.6 Å². The quantitative estimate of drug-likeness (QED) is 0.362. The number of halogens is 3. The number of anilines is 1. The van der Waals surface area contributed by atoms with Gasteiger partial charge in [0, 0.05) is 30.1 Å². The number of rotatable bonds is 11. The summed E-state index contributed by atoms with van der Waals surface area (Å²) in [7, 11) is -4.10. The summed E-state index contributed by atoms with van der Waals surface area (Å²) in [5.41, 5.74) is 1.22. The fourth-order valence-electron chi connectivity index (χ4n) is 3.98. The topological polar surface area (TPSA) is 86.8 Å². The van der Waals surface area contributed by atoms with E-state index in [0.29, 0.717) is 21.0 Å². The summed E-state index contributed by atoms with van der Waals surface area (Å²) in [6.07, 6.45) is 1.01. The maximum Gasteiger partial charge on any atom is 0.244 e. The Hall–Kier alpha value is -3.50. The molecule has 3 rings (SSSR count). The van der Waals surface area contributed by atoms with Crippen LogP contribution in [0.25, 0.3) is 0 Å². The normalized spacial score (nSPS) is 12.2. The van der Waals surface area contributed by atoms with Crippen molar-refractivity contribution in [3.63, 3.8) is 0 Å². The van der Waals surface area contributed by atoms with Gasteiger partial charge in [-0.15, -0.1) is 0 Å². The van der Waals surface area contributed by atoms with Gasteiger partial charge in [0.05, 0.1) is 11.9 Å². The largest absolute Gasteiger partial charge is 0.352 e. The van der Waals surface area contributed by atoms with Gasteiger partial charge in [-0.3, -0.25) is 13.9 Å². The van der Waals surface area contributed by atoms with E-state index in [-0.39, 0.29) is 24.7 Å². The Morgan fingerprint density at radius 3 is 2.13 bits per heavy atom. The molecule has 0 aliphatic heterocycles. The van der Waals surface area contributed by atoms with Crippen LogP contribution >= 0.6 is 11.6 Å². The first-order chi connectivity index (χ1) is 18.3. The second-order valence-corrected chi connectivity index (χ2v) is 11.7. The van der Waals surface area contributed by atoms with Crippen molar-refractivity contribution < 1.29 is 26.8 Å². The van der Waals surface area contributed by atoms with Crippen molar-refractivity contribution in [2.24, 2.45) is 0 Å². The highest BCUT2D eigenvalue weighted by Crippen LogP contribution is 2.23. The van der Waals surface area contributed by atoms with E-state index >= 15 is 0 Å². The highest BCUT2D eigenvalue weighted by molar-refractivity contribution is 7.92. The van der Waals surface area contributed by atoms with Gasteiger partial charge in [0.15, 0.2) is 11.6 Å². The molecule has 0 heterocycles. The minimum Gasteiger partial charge on any atom is -0.352 e. The lowest BCUT2D eigenvalue weighted by Gasteiger charge is -2.34. The van der Waals surface area contributed by atoms with E-state index < -0.39 is 46.1 Å². The van der Waals surface area contributed by atoms with E-state index in [1.807, 2.05) is 30.3 Å². The third-order valence-corrected chi connectivity index (χ3v) is 7.23. The number of sulfonamides is 1. The molecule has 7 nitrogen and oxygen atoms in total. The third kappa shape index (κ3) is 8.49. The number of carbonyl (C=O) groups is 2. The van der Waals surface area contributed by atoms with E-state index in [4.69, 9.17) is 11.6 Å². The molecule has 0 aliphatic rings. The van der Waals surface area contributed by atoms with Gasteiger partial charge in [-0.2, -0.15) is 0 Å². The van der Waals surface area contributed by atoms with Crippen LogP contribution in [0.1, 0.15) is 25.0 Å². The standard InChI is InChI=1S/C28H30ClF2N3O4S/c1-19(2)32-28(36)26(15-20-7-5-4-6-8-20)33(17-21-9-11-22(29)12-10-21)27(35)18-34(39(3,37)38)23-13-14-24(30)25(31)16-23/h4-14,16,19,26H,15,17-18H2,1-3H3,(H,32,36)/t26-/m0/s1. The summed E-state index contributed by atoms with van der Waals surface area (Å²) in [5, 5.41) is 3.33. The first kappa shape index (κ1) is 30.0. The van der Waals surface area contributed by atoms with Crippen molar-refractivity contribution in [3.8, 4) is 0 Å². The highest BCUT2D eigenvalue weighted by atomic mass is 35.5. The van der Waals surface area contributed by atoms with Crippen LogP contribution in [0.15, 0.2) is 72.8 Å². The summed E-state index contributed by atoms with van der Waals surface area (Å²) < 4.78 is 53.6. The van der Waals surface area contributed by atoms with Gasteiger partial charge in [0.2, 0.25) is 21.8 Å². The van der Waals surface area contributed by atoms with Crippen molar-refractivity contribution in [1.29, 1.82) is 0 Å². The Bertz CT molecular complexity index is 1400. The Morgan fingerprint density at radius 1 is 0.923 bits per heavy atom. The van der Waals surface area contributed by atoms with Crippen molar-refractivity contribution in [2.45, 2.75) is 38.9 Å². The van der Waals surface area contributed by atoms with Gasteiger partial charge in [-0.05, 0) is 49.2 Å². The maximum absolute atomic E-state index is 14.0. The van der Waals surface area contributed by atoms with Crippen molar-refractivity contribution in [1.82, 2.24) is 10.2 Å². The second kappa shape index (κ2) is 13.0. The number of carbonyl (C=O) groups excluding carboxylic acids is 2. The van der Waals surface area contributed by atoms with E-state index in [9.17, 15) is 26.8 Å². The number of benzene rings is 3. The van der Waals surface area contributed by atoms with Crippen LogP contribution in [0.5, 0.6) is 0 Å². The van der Waals surface area contributed by atoms with Crippen LogP contribution in [0.3, 0.4) is 0 Å². The lowest BCUT2D eigenvalue weighted by Crippen LogP contribution is -2.54. The first-order valence-electron chi connectivity index (χ1n) is 12.2. The molecule has 3 aromatic rings. The first-order valence-corrected chi connectivity index (χ1v) is 14.4. The molecule has 208 valence electrons. The van der Waals surface area contributed by atoms with Crippen molar-refractivity contribution in [2.75, 3.05) is 17.1 Å². The summed E-state index contributed by atoms with van der Waals surface area (Å²) in [6, 6.07) is 17.1. The fraction of sp³-hybridized carbons (Fsp3) is 0.286. The highest BCUT2D eigenvalue weighted by Gasteiger charge is 2.33. The summed E-state index contributed by atoms with van der Waals surface area (Å²) in [6.45, 7) is 2.81. The molecule has 1 N–H and O–H groups in total. The molecule has 2 amide bonds. The number of nitrogens with one attached hydrogen (secondary N) is 1. The molecule has 0 radical (unpaired) electrons. The van der Waals surface area contributed by atoms with E-state index in [1.165, 1.54) is 4.90 Å². The maximum atomic E-state index is 14.0. The Morgan fingerprint density at radius 2 is 1.56 bits per heavy atom. The molecule has 0 aliphatic carbocycles. The zero-order valence-electron chi connectivity index (χ0n) is 21.8. The monoisotopic (exact) mass is 577 g/mol. The van der Waals surface area contributed by atoms with Crippen LogP contribution in [0.4, 0.5) is 14.5 Å². The molecular weight excluding hydrogens is 548 g/mol. The Kier molecular flexibility index (Phi) is 10.0. The second-order valence-electron chi connectivity index (χ2n) is 9.38. The lowest BCUT2D eigenvalue weighted by molar-refractivity contribution is -0.140. The minimum absolute atomic E-state index is 0.0333. The minimum atomic E-state index is -4.10. The predicted octanol–water partition coefficient (Wildman–Crippen LogP) is 4.55. The van der Waals surface area contributed by atoms with E-state index in [0.717, 1.165) is 24.0 Å². The van der Waals surface area contributed by atoms with E-state index in [1.54, 1.807) is 38.1 Å². The van der Waals surface area contributed by atoms with Gasteiger partial charge >= 0.3 is 0 Å². The molecule has 0 saturated heterocycles. The van der Waals surface area contributed by atoms with Crippen molar-refractivity contribution >= 4 is 39.1 Å². The summed E-state index contributed by atoms with van der Waals surface area (Å²) in [5.74, 6) is -3.55. The summed E-state index contributed by atoms with van der Waals surface area (Å²) >= 11 is 6.02. The third-order valence-electron chi connectivity index (χ3n) is 5.84. The number of amides is 2. The van der Waals surface area contributed by atoms with Crippen molar-refractivity contribution in [3.05, 3.63) is 101 Å². The van der Waals surface area contributed by atoms with Crippen LogP contribution < -0.4 is 9.62 Å². The predicted molar refractivity (Wildman–Crippen MR) is 148 cm³/mol. The van der Waals surface area contributed by atoms with E-state index in [2.05, 4.69) is 5.32 Å². The van der Waals surface area contributed by atoms with Crippen LogP contribution in [0, 0.1) is 11.6 Å². The number of hydrogen-bond donors (Lipinski definition) is 1. The number of nitrogens with zero attached hydrogens (tertiary/aromatic N) is 2. The zero-order valence-corrected chi connectivity index (χ0v) is 23.3. The van der Waals surface area contributed by atoms with Crippen LogP contribution in [0.2, 0.25) is 5.02 Å². The molecule has 0 fully saturated rings. The molecule has 0 unspecified atom stereocenters. The van der Waals surface area contributed by atoms with Gasteiger partial charge in [-0.25, -0.2) is 17.2 Å². The van der Waals surface area contributed by atoms with Crippen LogP contribution in [-0.2, 0) is 32.6 Å². The Labute approximate surface area is 232 Å². The molecule has 0 spiro atoms. The zero-order chi connectivity index (χ0) is 28.7. The fourth-order valence-corrected chi connectivity index (χ4v) is 4.94. The average Bonchev–Trinajstić information content (AvgIpc) is 2.87. The van der Waals surface area contributed by atoms with Crippen LogP contribution in [-0.4, -0.2) is 50.0 Å². The molecule has 0 bridgehead atoms. The number of hydrogen-bond acceptors (Lipinski definition) is 4. The molecular formula is C28H30ClF2N3O4S. The molecule has 3 aromatic carbocycles. The summed E-state index contributed by atoms with van der Waals surface area (Å²) in [4.78, 5) is 28.6. The van der Waals surface area contributed by atoms with Gasteiger partial charge < -0.3 is 10.2 Å². The molecule has 39 heavy (non-hydrogen) atoms. The van der Waals surface area contributed by atoms with Gasteiger partial charge in [0.25, 0.3) is 0 Å². The lowest BCUT2D eigenvalue weighted by atomic mass is 10.0.